The summed E-state index contributed by atoms with van der Waals surface area (Å²) >= 11 is 0. The first-order chi connectivity index (χ1) is 12.0. The van der Waals surface area contributed by atoms with Crippen molar-refractivity contribution in [3.05, 3.63) is 35.4 Å². The van der Waals surface area contributed by atoms with E-state index in [1.807, 2.05) is 6.07 Å². The zero-order chi connectivity index (χ0) is 18.0. The largest absolute Gasteiger partial charge is 0.349 e. The minimum absolute atomic E-state index is 0.0385. The van der Waals surface area contributed by atoms with Crippen molar-refractivity contribution in [3.8, 4) is 0 Å². The zero-order valence-corrected chi connectivity index (χ0v) is 14.7. The maximum atomic E-state index is 12.6. The Hall–Kier alpha value is -2.37. The van der Waals surface area contributed by atoms with Crippen LogP contribution in [-0.4, -0.2) is 35.3 Å². The predicted octanol–water partition coefficient (Wildman–Crippen LogP) is 2.29. The number of carbonyl (C=O) groups is 3. The summed E-state index contributed by atoms with van der Waals surface area (Å²) < 4.78 is 0. The number of nitrogens with one attached hydrogen (secondary N) is 2. The Balaban J connectivity index is 1.67. The van der Waals surface area contributed by atoms with Crippen LogP contribution in [0.4, 0.5) is 4.79 Å². The maximum absolute atomic E-state index is 12.6. The Bertz CT molecular complexity index is 672. The molecule has 25 heavy (non-hydrogen) atoms. The summed E-state index contributed by atoms with van der Waals surface area (Å²) in [4.78, 5) is 37.1. The van der Waals surface area contributed by atoms with E-state index in [0.717, 1.165) is 18.4 Å². The molecule has 3 atom stereocenters. The number of urea groups is 1. The summed E-state index contributed by atoms with van der Waals surface area (Å²) in [6, 6.07) is 6.94. The molecule has 4 amide bonds. The van der Waals surface area contributed by atoms with Gasteiger partial charge in [-0.2, -0.15) is 0 Å². The SMILES string of the molecule is C[C@@H]1[C@H](C)CCC[C@@H]1NC(=O)c1cccc(CN2C(=O)CNC2=O)c1. The Kier molecular flexibility index (Phi) is 5.06. The van der Waals surface area contributed by atoms with Gasteiger partial charge in [0.05, 0.1) is 13.1 Å². The maximum Gasteiger partial charge on any atom is 0.324 e. The van der Waals surface area contributed by atoms with E-state index in [9.17, 15) is 14.4 Å². The van der Waals surface area contributed by atoms with Crippen LogP contribution in [0.1, 0.15) is 49.0 Å². The van der Waals surface area contributed by atoms with Gasteiger partial charge in [-0.3, -0.25) is 14.5 Å². The summed E-state index contributed by atoms with van der Waals surface area (Å²) in [5, 5.41) is 5.65. The first-order valence-electron chi connectivity index (χ1n) is 8.93. The molecular weight excluding hydrogens is 318 g/mol. The fourth-order valence-electron chi connectivity index (χ4n) is 3.65. The molecule has 3 rings (SSSR count). The van der Waals surface area contributed by atoms with Gasteiger partial charge in [-0.05, 0) is 36.0 Å². The monoisotopic (exact) mass is 343 g/mol. The van der Waals surface area contributed by atoms with Crippen molar-refractivity contribution >= 4 is 17.8 Å². The van der Waals surface area contributed by atoms with E-state index in [4.69, 9.17) is 0 Å². The molecule has 6 heteroatoms. The standard InChI is InChI=1S/C19H25N3O3/c1-12-5-3-8-16(13(12)2)21-18(24)15-7-4-6-14(9-15)11-22-17(23)10-20-19(22)25/h4,6-7,9,12-13,16H,3,5,8,10-11H2,1-2H3,(H,20,25)(H,21,24)/t12-,13-,16+/m1/s1. The molecule has 1 saturated carbocycles. The molecule has 1 aliphatic heterocycles. The van der Waals surface area contributed by atoms with E-state index < -0.39 is 0 Å². The molecule has 0 spiro atoms. The number of nitrogens with zero attached hydrogens (tertiary/aromatic N) is 1. The van der Waals surface area contributed by atoms with Gasteiger partial charge in [-0.15, -0.1) is 0 Å². The van der Waals surface area contributed by atoms with Gasteiger partial charge in [0.1, 0.15) is 0 Å². The third-order valence-corrected chi connectivity index (χ3v) is 5.49. The molecule has 0 bridgehead atoms. The molecule has 2 aliphatic rings. The number of amides is 4. The average molecular weight is 343 g/mol. The molecule has 1 aliphatic carbocycles. The Morgan fingerprint density at radius 1 is 1.28 bits per heavy atom. The highest BCUT2D eigenvalue weighted by Crippen LogP contribution is 2.29. The summed E-state index contributed by atoms with van der Waals surface area (Å²) in [5.74, 6) is 0.742. The summed E-state index contributed by atoms with van der Waals surface area (Å²) in [7, 11) is 0. The Morgan fingerprint density at radius 3 is 2.80 bits per heavy atom. The molecule has 0 aromatic heterocycles. The van der Waals surface area contributed by atoms with Gasteiger partial charge in [0.25, 0.3) is 5.91 Å². The first-order valence-corrected chi connectivity index (χ1v) is 8.93. The second kappa shape index (κ2) is 7.25. The van der Waals surface area contributed by atoms with E-state index in [2.05, 4.69) is 24.5 Å². The number of rotatable bonds is 4. The lowest BCUT2D eigenvalue weighted by atomic mass is 9.78. The lowest BCUT2D eigenvalue weighted by molar-refractivity contribution is -0.125. The summed E-state index contributed by atoms with van der Waals surface area (Å²) in [6.45, 7) is 4.66. The van der Waals surface area contributed by atoms with Crippen LogP contribution in [0, 0.1) is 11.8 Å². The van der Waals surface area contributed by atoms with Crippen LogP contribution < -0.4 is 10.6 Å². The number of benzene rings is 1. The highest BCUT2D eigenvalue weighted by molar-refractivity contribution is 6.02. The average Bonchev–Trinajstić information content (AvgIpc) is 2.91. The van der Waals surface area contributed by atoms with Crippen LogP contribution in [0.25, 0.3) is 0 Å². The van der Waals surface area contributed by atoms with Crippen molar-refractivity contribution in [2.24, 2.45) is 11.8 Å². The van der Waals surface area contributed by atoms with Crippen LogP contribution >= 0.6 is 0 Å². The van der Waals surface area contributed by atoms with Crippen molar-refractivity contribution in [2.75, 3.05) is 6.54 Å². The van der Waals surface area contributed by atoms with Crippen molar-refractivity contribution in [1.29, 1.82) is 0 Å². The molecule has 6 nitrogen and oxygen atoms in total. The lowest BCUT2D eigenvalue weighted by Crippen LogP contribution is -2.43. The lowest BCUT2D eigenvalue weighted by Gasteiger charge is -2.34. The van der Waals surface area contributed by atoms with Gasteiger partial charge >= 0.3 is 6.03 Å². The smallest absolute Gasteiger partial charge is 0.324 e. The first kappa shape index (κ1) is 17.5. The number of carbonyl (C=O) groups excluding carboxylic acids is 3. The molecule has 0 radical (unpaired) electrons. The quantitative estimate of drug-likeness (QED) is 0.824. The van der Waals surface area contributed by atoms with Crippen molar-refractivity contribution in [2.45, 2.75) is 45.7 Å². The molecule has 1 heterocycles. The fourth-order valence-corrected chi connectivity index (χ4v) is 3.65. The molecule has 0 unspecified atom stereocenters. The van der Waals surface area contributed by atoms with Crippen LogP contribution in [0.3, 0.4) is 0 Å². The minimum Gasteiger partial charge on any atom is -0.349 e. The van der Waals surface area contributed by atoms with Crippen molar-refractivity contribution in [3.63, 3.8) is 0 Å². The molecule has 2 fully saturated rings. The molecule has 134 valence electrons. The van der Waals surface area contributed by atoms with Crippen LogP contribution in [-0.2, 0) is 11.3 Å². The van der Waals surface area contributed by atoms with Gasteiger partial charge in [0.15, 0.2) is 0 Å². The van der Waals surface area contributed by atoms with Crippen LogP contribution in [0.15, 0.2) is 24.3 Å². The van der Waals surface area contributed by atoms with Gasteiger partial charge < -0.3 is 10.6 Å². The van der Waals surface area contributed by atoms with E-state index in [1.54, 1.807) is 18.2 Å². The second-order valence-corrected chi connectivity index (χ2v) is 7.19. The molecule has 2 N–H and O–H groups in total. The molecule has 1 aromatic carbocycles. The Labute approximate surface area is 148 Å². The van der Waals surface area contributed by atoms with E-state index in [1.165, 1.54) is 11.3 Å². The minimum atomic E-state index is -0.384. The van der Waals surface area contributed by atoms with Crippen molar-refractivity contribution in [1.82, 2.24) is 15.5 Å². The van der Waals surface area contributed by atoms with E-state index in [-0.39, 0.29) is 37.0 Å². The van der Waals surface area contributed by atoms with Crippen molar-refractivity contribution < 1.29 is 14.4 Å². The summed E-state index contributed by atoms with van der Waals surface area (Å²) in [6.07, 6.45) is 3.37. The van der Waals surface area contributed by atoms with E-state index in [0.29, 0.717) is 17.4 Å². The third-order valence-electron chi connectivity index (χ3n) is 5.49. The Morgan fingerprint density at radius 2 is 2.08 bits per heavy atom. The number of hydrogen-bond donors (Lipinski definition) is 2. The normalized spacial score (nSPS) is 26.5. The predicted molar refractivity (Wildman–Crippen MR) is 93.8 cm³/mol. The molecular formula is C19H25N3O3. The van der Waals surface area contributed by atoms with Gasteiger partial charge in [0.2, 0.25) is 5.91 Å². The number of imide groups is 1. The van der Waals surface area contributed by atoms with Gasteiger partial charge in [-0.1, -0.05) is 38.8 Å². The summed E-state index contributed by atoms with van der Waals surface area (Å²) in [5.41, 5.74) is 1.33. The highest BCUT2D eigenvalue weighted by atomic mass is 16.2. The molecule has 1 saturated heterocycles. The highest BCUT2D eigenvalue weighted by Gasteiger charge is 2.29. The van der Waals surface area contributed by atoms with Crippen LogP contribution in [0.5, 0.6) is 0 Å². The zero-order valence-electron chi connectivity index (χ0n) is 14.7. The van der Waals surface area contributed by atoms with E-state index >= 15 is 0 Å². The molecule has 1 aromatic rings. The number of hydrogen-bond acceptors (Lipinski definition) is 3. The third kappa shape index (κ3) is 3.83. The van der Waals surface area contributed by atoms with Gasteiger partial charge in [0, 0.05) is 11.6 Å². The van der Waals surface area contributed by atoms with Gasteiger partial charge in [-0.25, -0.2) is 4.79 Å². The van der Waals surface area contributed by atoms with Crippen LogP contribution in [0.2, 0.25) is 0 Å². The fraction of sp³-hybridized carbons (Fsp3) is 0.526. The second-order valence-electron chi connectivity index (χ2n) is 7.19. The topological polar surface area (TPSA) is 78.5 Å².